The van der Waals surface area contributed by atoms with E-state index in [1.165, 1.54) is 5.56 Å². The van der Waals surface area contributed by atoms with Gasteiger partial charge >= 0.3 is 0 Å². The number of carbonyl (C=O) groups excluding carboxylic acids is 1. The summed E-state index contributed by atoms with van der Waals surface area (Å²) in [4.78, 5) is 10.1. The molecule has 1 rings (SSSR count). The van der Waals surface area contributed by atoms with Gasteiger partial charge in [0.25, 0.3) is 0 Å². The standard InChI is InChI=1S/C13H18O3S2/c1-11-3-5-12(6-4-11)13(18-17-2)16-10-9-15-8-7-14/h3-7,13H,8-10H2,1-2H3. The molecule has 18 heavy (non-hydrogen) atoms. The van der Waals surface area contributed by atoms with E-state index in [2.05, 4.69) is 31.2 Å². The molecule has 0 fully saturated rings. The maximum absolute atomic E-state index is 10.1. The van der Waals surface area contributed by atoms with Gasteiger partial charge in [-0.05, 0) is 18.7 Å². The fourth-order valence-electron chi connectivity index (χ4n) is 1.34. The molecule has 1 atom stereocenters. The van der Waals surface area contributed by atoms with Crippen molar-refractivity contribution in [3.8, 4) is 0 Å². The van der Waals surface area contributed by atoms with Crippen LogP contribution in [0.2, 0.25) is 0 Å². The Balaban J connectivity index is 2.43. The smallest absolute Gasteiger partial charge is 0.145 e. The molecule has 0 aliphatic rings. The molecule has 0 saturated carbocycles. The Morgan fingerprint density at radius 3 is 2.61 bits per heavy atom. The van der Waals surface area contributed by atoms with Gasteiger partial charge < -0.3 is 14.3 Å². The minimum atomic E-state index is 0.000399. The molecule has 0 bridgehead atoms. The average Bonchev–Trinajstić information content (AvgIpc) is 2.38. The summed E-state index contributed by atoms with van der Waals surface area (Å²) in [5, 5.41) is 0. The normalized spacial score (nSPS) is 12.3. The van der Waals surface area contributed by atoms with Crippen LogP contribution in [-0.2, 0) is 14.3 Å². The zero-order valence-electron chi connectivity index (χ0n) is 10.6. The van der Waals surface area contributed by atoms with E-state index in [1.54, 1.807) is 21.6 Å². The molecule has 3 nitrogen and oxygen atoms in total. The van der Waals surface area contributed by atoms with Crippen LogP contribution in [0.1, 0.15) is 16.6 Å². The van der Waals surface area contributed by atoms with Crippen LogP contribution >= 0.6 is 21.6 Å². The van der Waals surface area contributed by atoms with Gasteiger partial charge in [-0.3, -0.25) is 0 Å². The third kappa shape index (κ3) is 5.91. The molecule has 0 spiro atoms. The maximum atomic E-state index is 10.1. The van der Waals surface area contributed by atoms with Crippen LogP contribution < -0.4 is 0 Å². The second-order valence-electron chi connectivity index (χ2n) is 3.62. The molecule has 0 amide bonds. The summed E-state index contributed by atoms with van der Waals surface area (Å²) in [7, 11) is 3.34. The van der Waals surface area contributed by atoms with E-state index in [1.807, 2.05) is 6.26 Å². The number of benzene rings is 1. The van der Waals surface area contributed by atoms with Crippen LogP contribution in [0.3, 0.4) is 0 Å². The minimum absolute atomic E-state index is 0.000399. The van der Waals surface area contributed by atoms with Crippen molar-refractivity contribution in [2.45, 2.75) is 12.4 Å². The molecule has 100 valence electrons. The molecule has 5 heteroatoms. The van der Waals surface area contributed by atoms with Crippen molar-refractivity contribution in [1.82, 2.24) is 0 Å². The zero-order chi connectivity index (χ0) is 13.2. The summed E-state index contributed by atoms with van der Waals surface area (Å²) < 4.78 is 10.8. The number of hydrogen-bond donors (Lipinski definition) is 0. The molecule has 1 aromatic carbocycles. The van der Waals surface area contributed by atoms with Crippen molar-refractivity contribution in [2.75, 3.05) is 26.1 Å². The Hall–Kier alpha value is -0.490. The van der Waals surface area contributed by atoms with Crippen molar-refractivity contribution in [2.24, 2.45) is 0 Å². The molecule has 1 unspecified atom stereocenters. The molecule has 0 N–H and O–H groups in total. The van der Waals surface area contributed by atoms with Crippen molar-refractivity contribution < 1.29 is 14.3 Å². The maximum Gasteiger partial charge on any atom is 0.145 e. The van der Waals surface area contributed by atoms with E-state index in [0.29, 0.717) is 13.2 Å². The average molecular weight is 286 g/mol. The van der Waals surface area contributed by atoms with Crippen LogP contribution in [0, 0.1) is 6.92 Å². The quantitative estimate of drug-likeness (QED) is 0.301. The first kappa shape index (κ1) is 15.6. The summed E-state index contributed by atoms with van der Waals surface area (Å²) >= 11 is 0. The lowest BCUT2D eigenvalue weighted by Crippen LogP contribution is -2.08. The number of carbonyl (C=O) groups is 1. The molecule has 0 saturated heterocycles. The Morgan fingerprint density at radius 1 is 1.28 bits per heavy atom. The van der Waals surface area contributed by atoms with Crippen LogP contribution in [0.25, 0.3) is 0 Å². The molecule has 0 heterocycles. The van der Waals surface area contributed by atoms with E-state index in [4.69, 9.17) is 9.47 Å². The SMILES string of the molecule is CSSC(OCCOCC=O)c1ccc(C)cc1. The molecule has 0 aromatic heterocycles. The van der Waals surface area contributed by atoms with Crippen LogP contribution in [-0.4, -0.2) is 32.4 Å². The largest absolute Gasteiger partial charge is 0.372 e. The lowest BCUT2D eigenvalue weighted by molar-refractivity contribution is -0.112. The Kier molecular flexibility index (Phi) is 8.17. The molecular weight excluding hydrogens is 268 g/mol. The monoisotopic (exact) mass is 286 g/mol. The lowest BCUT2D eigenvalue weighted by atomic mass is 10.2. The van der Waals surface area contributed by atoms with Crippen LogP contribution in [0.15, 0.2) is 24.3 Å². The topological polar surface area (TPSA) is 35.5 Å². The Labute approximate surface area is 116 Å². The highest BCUT2D eigenvalue weighted by Gasteiger charge is 2.11. The highest BCUT2D eigenvalue weighted by Crippen LogP contribution is 2.37. The second kappa shape index (κ2) is 9.44. The van der Waals surface area contributed by atoms with E-state index >= 15 is 0 Å². The predicted molar refractivity (Wildman–Crippen MR) is 77.9 cm³/mol. The van der Waals surface area contributed by atoms with Gasteiger partial charge in [0.15, 0.2) is 0 Å². The third-order valence-electron chi connectivity index (χ3n) is 2.22. The molecule has 1 aromatic rings. The van der Waals surface area contributed by atoms with Gasteiger partial charge in [-0.25, -0.2) is 0 Å². The van der Waals surface area contributed by atoms with Gasteiger partial charge in [0, 0.05) is 0 Å². The highest BCUT2D eigenvalue weighted by atomic mass is 33.1. The summed E-state index contributed by atoms with van der Waals surface area (Å²) in [5.74, 6) is 0. The fourth-order valence-corrected chi connectivity index (χ4v) is 2.96. The summed E-state index contributed by atoms with van der Waals surface area (Å²) in [6, 6.07) is 8.32. The van der Waals surface area contributed by atoms with Gasteiger partial charge in [-0.2, -0.15) is 0 Å². The number of rotatable bonds is 9. The zero-order valence-corrected chi connectivity index (χ0v) is 12.3. The lowest BCUT2D eigenvalue weighted by Gasteiger charge is -2.16. The van der Waals surface area contributed by atoms with E-state index < -0.39 is 0 Å². The van der Waals surface area contributed by atoms with Gasteiger partial charge in [0.05, 0.1) is 13.2 Å². The Morgan fingerprint density at radius 2 is 2.00 bits per heavy atom. The van der Waals surface area contributed by atoms with Crippen molar-refractivity contribution in [3.05, 3.63) is 35.4 Å². The second-order valence-corrected chi connectivity index (χ2v) is 6.15. The minimum Gasteiger partial charge on any atom is -0.372 e. The highest BCUT2D eigenvalue weighted by molar-refractivity contribution is 8.76. The van der Waals surface area contributed by atoms with Gasteiger partial charge in [0.1, 0.15) is 18.3 Å². The van der Waals surface area contributed by atoms with E-state index in [0.717, 1.165) is 11.8 Å². The van der Waals surface area contributed by atoms with E-state index in [-0.39, 0.29) is 12.0 Å². The van der Waals surface area contributed by atoms with Crippen molar-refractivity contribution in [3.63, 3.8) is 0 Å². The first-order chi connectivity index (χ1) is 8.77. The van der Waals surface area contributed by atoms with E-state index in [9.17, 15) is 4.79 Å². The number of aldehydes is 1. The molecule has 0 aliphatic heterocycles. The number of ether oxygens (including phenoxy) is 2. The van der Waals surface area contributed by atoms with Crippen molar-refractivity contribution in [1.29, 1.82) is 0 Å². The van der Waals surface area contributed by atoms with Crippen LogP contribution in [0.5, 0.6) is 0 Å². The first-order valence-electron chi connectivity index (χ1n) is 5.67. The van der Waals surface area contributed by atoms with Crippen molar-refractivity contribution >= 4 is 27.9 Å². The fraction of sp³-hybridized carbons (Fsp3) is 0.462. The van der Waals surface area contributed by atoms with Gasteiger partial charge in [-0.15, -0.1) is 0 Å². The first-order valence-corrected chi connectivity index (χ1v) is 8.29. The summed E-state index contributed by atoms with van der Waals surface area (Å²) in [6.45, 7) is 3.12. The number of aryl methyl sites for hydroxylation is 1. The summed E-state index contributed by atoms with van der Waals surface area (Å²) in [6.07, 6.45) is 2.77. The number of hydrogen-bond acceptors (Lipinski definition) is 5. The predicted octanol–water partition coefficient (Wildman–Crippen LogP) is 3.24. The summed E-state index contributed by atoms with van der Waals surface area (Å²) in [5.41, 5.74) is 2.39. The van der Waals surface area contributed by atoms with Gasteiger partial charge in [0.2, 0.25) is 0 Å². The van der Waals surface area contributed by atoms with Crippen LogP contribution in [0.4, 0.5) is 0 Å². The molecular formula is C13H18O3S2. The Bertz CT molecular complexity index is 341. The third-order valence-corrected chi connectivity index (χ3v) is 4.09. The van der Waals surface area contributed by atoms with Gasteiger partial charge in [-0.1, -0.05) is 51.4 Å². The molecule has 0 aliphatic carbocycles. The molecule has 0 radical (unpaired) electrons.